The Balaban J connectivity index is 0.00000176. The molecule has 0 amide bonds. The molecule has 0 saturated heterocycles. The number of fused-ring (bicyclic) bond motifs is 3. The fraction of sp³-hybridized carbons (Fsp3) is 0.0588. The molecular weight excluding hydrogens is 291 g/mol. The molecule has 0 spiro atoms. The Labute approximate surface area is 141 Å². The SMILES string of the molecule is C=CCc1ccc2c(ccc3ccccc32)c1S(=O)(=O)[O-].[Li+]. The van der Waals surface area contributed by atoms with Crippen molar-refractivity contribution in [2.45, 2.75) is 11.3 Å². The maximum absolute atomic E-state index is 11.7. The smallest absolute Gasteiger partial charge is 0.744 e. The van der Waals surface area contributed by atoms with Crippen molar-refractivity contribution in [3.05, 3.63) is 66.7 Å². The summed E-state index contributed by atoms with van der Waals surface area (Å²) in [5, 5.41) is 3.19. The van der Waals surface area contributed by atoms with Gasteiger partial charge in [0.25, 0.3) is 0 Å². The quantitative estimate of drug-likeness (QED) is 0.309. The second-order valence-electron chi connectivity index (χ2n) is 4.88. The molecule has 0 saturated carbocycles. The van der Waals surface area contributed by atoms with E-state index in [9.17, 15) is 13.0 Å². The van der Waals surface area contributed by atoms with Crippen LogP contribution < -0.4 is 18.9 Å². The van der Waals surface area contributed by atoms with Crippen LogP contribution in [0.5, 0.6) is 0 Å². The summed E-state index contributed by atoms with van der Waals surface area (Å²) < 4.78 is 35.1. The first-order valence-electron chi connectivity index (χ1n) is 6.52. The van der Waals surface area contributed by atoms with Gasteiger partial charge in [-0.15, -0.1) is 6.58 Å². The largest absolute Gasteiger partial charge is 1.00 e. The molecule has 3 aromatic rings. The summed E-state index contributed by atoms with van der Waals surface area (Å²) >= 11 is 0. The number of hydrogen-bond acceptors (Lipinski definition) is 3. The molecule has 3 nitrogen and oxygen atoms in total. The number of rotatable bonds is 3. The topological polar surface area (TPSA) is 57.2 Å². The van der Waals surface area contributed by atoms with Gasteiger partial charge in [0.2, 0.25) is 0 Å². The van der Waals surface area contributed by atoms with Gasteiger partial charge in [0.05, 0.1) is 4.90 Å². The number of benzene rings is 3. The molecule has 0 aromatic heterocycles. The number of hydrogen-bond donors (Lipinski definition) is 0. The van der Waals surface area contributed by atoms with Crippen molar-refractivity contribution in [3.63, 3.8) is 0 Å². The van der Waals surface area contributed by atoms with E-state index in [1.807, 2.05) is 36.4 Å². The van der Waals surface area contributed by atoms with Crippen LogP contribution in [0, 0.1) is 0 Å². The van der Waals surface area contributed by atoms with Crippen LogP contribution in [0.25, 0.3) is 21.5 Å². The van der Waals surface area contributed by atoms with E-state index in [2.05, 4.69) is 6.58 Å². The molecule has 3 rings (SSSR count). The van der Waals surface area contributed by atoms with E-state index in [0.29, 0.717) is 17.4 Å². The molecule has 0 N–H and O–H groups in total. The average molecular weight is 304 g/mol. The molecule has 3 aromatic carbocycles. The molecule has 5 heteroatoms. The standard InChI is InChI=1S/C17H14O3S.Li/c1-2-5-13-9-10-15-14-7-4-3-6-12(14)8-11-16(15)17(13)21(18,19)20;/h2-4,6-11H,1,5H2,(H,18,19,20);/q;+1/p-1. The van der Waals surface area contributed by atoms with Crippen LogP contribution in [0.3, 0.4) is 0 Å². The predicted octanol–water partition coefficient (Wildman–Crippen LogP) is 0.630. The second-order valence-corrected chi connectivity index (χ2v) is 6.20. The van der Waals surface area contributed by atoms with Crippen molar-refractivity contribution in [2.24, 2.45) is 0 Å². The van der Waals surface area contributed by atoms with Gasteiger partial charge in [0.15, 0.2) is 0 Å². The Hall–Kier alpha value is -1.57. The fourth-order valence-corrected chi connectivity index (χ4v) is 3.64. The summed E-state index contributed by atoms with van der Waals surface area (Å²) in [5.41, 5.74) is 0.489. The first-order chi connectivity index (χ1) is 10.0. The van der Waals surface area contributed by atoms with Gasteiger partial charge in [-0.25, -0.2) is 8.42 Å². The summed E-state index contributed by atoms with van der Waals surface area (Å²) in [7, 11) is -4.55. The van der Waals surface area contributed by atoms with Crippen LogP contribution >= 0.6 is 0 Å². The van der Waals surface area contributed by atoms with Gasteiger partial charge in [-0.1, -0.05) is 54.6 Å². The third-order valence-corrected chi connectivity index (χ3v) is 4.55. The van der Waals surface area contributed by atoms with Crippen molar-refractivity contribution in [1.82, 2.24) is 0 Å². The van der Waals surface area contributed by atoms with Crippen LogP contribution in [0.2, 0.25) is 0 Å². The molecule has 22 heavy (non-hydrogen) atoms. The first-order valence-corrected chi connectivity index (χ1v) is 7.93. The maximum atomic E-state index is 11.7. The van der Waals surface area contributed by atoms with Crippen molar-refractivity contribution in [1.29, 1.82) is 0 Å². The Morgan fingerprint density at radius 2 is 1.64 bits per heavy atom. The van der Waals surface area contributed by atoms with Gasteiger partial charge in [-0.3, -0.25) is 0 Å². The molecule has 0 bridgehead atoms. The minimum atomic E-state index is -4.55. The van der Waals surface area contributed by atoms with Crippen molar-refractivity contribution in [3.8, 4) is 0 Å². The summed E-state index contributed by atoms with van der Waals surface area (Å²) in [6.07, 6.45) is 1.94. The van der Waals surface area contributed by atoms with Gasteiger partial charge in [0.1, 0.15) is 10.1 Å². The Morgan fingerprint density at radius 3 is 2.32 bits per heavy atom. The molecule has 106 valence electrons. The van der Waals surface area contributed by atoms with Crippen molar-refractivity contribution < 1.29 is 31.8 Å². The summed E-state index contributed by atoms with van der Waals surface area (Å²) in [6, 6.07) is 14.8. The zero-order valence-corrected chi connectivity index (χ0v) is 13.1. The molecule has 0 aliphatic carbocycles. The summed E-state index contributed by atoms with van der Waals surface area (Å²) in [6.45, 7) is 3.61. The maximum Gasteiger partial charge on any atom is 1.00 e. The molecular formula is C17H13LiO3S. The monoisotopic (exact) mass is 304 g/mol. The Bertz CT molecular complexity index is 962. The molecule has 0 atom stereocenters. The third-order valence-electron chi connectivity index (χ3n) is 3.57. The molecule has 0 fully saturated rings. The minimum absolute atomic E-state index is 0. The van der Waals surface area contributed by atoms with Gasteiger partial charge >= 0.3 is 18.9 Å². The van der Waals surface area contributed by atoms with Crippen molar-refractivity contribution in [2.75, 3.05) is 0 Å². The van der Waals surface area contributed by atoms with Gasteiger partial charge in [0, 0.05) is 5.39 Å². The van der Waals surface area contributed by atoms with E-state index in [0.717, 1.165) is 16.2 Å². The zero-order chi connectivity index (χ0) is 15.0. The van der Waals surface area contributed by atoms with Gasteiger partial charge in [-0.05, 0) is 28.1 Å². The number of allylic oxidation sites excluding steroid dienone is 1. The Morgan fingerprint density at radius 1 is 0.955 bits per heavy atom. The molecule has 0 radical (unpaired) electrons. The molecule has 0 unspecified atom stereocenters. The van der Waals surface area contributed by atoms with Crippen LogP contribution in [0.1, 0.15) is 5.56 Å². The van der Waals surface area contributed by atoms with Gasteiger partial charge in [-0.2, -0.15) is 0 Å². The van der Waals surface area contributed by atoms with Crippen LogP contribution in [0.15, 0.2) is 66.1 Å². The van der Waals surface area contributed by atoms with E-state index in [1.165, 1.54) is 0 Å². The van der Waals surface area contributed by atoms with E-state index in [-0.39, 0.29) is 23.8 Å². The average Bonchev–Trinajstić information content (AvgIpc) is 2.45. The summed E-state index contributed by atoms with van der Waals surface area (Å²) in [4.78, 5) is -0.134. The van der Waals surface area contributed by atoms with Crippen LogP contribution in [-0.4, -0.2) is 13.0 Å². The second kappa shape index (κ2) is 6.27. The zero-order valence-electron chi connectivity index (χ0n) is 12.2. The minimum Gasteiger partial charge on any atom is -0.744 e. The van der Waals surface area contributed by atoms with E-state index < -0.39 is 10.1 Å². The van der Waals surface area contributed by atoms with Crippen molar-refractivity contribution >= 4 is 31.7 Å². The normalized spacial score (nSPS) is 11.3. The van der Waals surface area contributed by atoms with E-state index >= 15 is 0 Å². The van der Waals surface area contributed by atoms with Crippen LogP contribution in [-0.2, 0) is 16.5 Å². The van der Waals surface area contributed by atoms with E-state index in [1.54, 1.807) is 18.2 Å². The fourth-order valence-electron chi connectivity index (χ4n) is 2.72. The predicted molar refractivity (Wildman–Crippen MR) is 83.3 cm³/mol. The molecule has 0 heterocycles. The van der Waals surface area contributed by atoms with E-state index in [4.69, 9.17) is 0 Å². The van der Waals surface area contributed by atoms with Gasteiger partial charge < -0.3 is 4.55 Å². The van der Waals surface area contributed by atoms with Crippen LogP contribution in [0.4, 0.5) is 0 Å². The molecule has 0 aliphatic heterocycles. The molecule has 0 aliphatic rings. The Kier molecular flexibility index (Phi) is 4.79. The third kappa shape index (κ3) is 2.84. The first kappa shape index (κ1) is 16.8. The summed E-state index contributed by atoms with van der Waals surface area (Å²) in [5.74, 6) is 0.